The Balaban J connectivity index is 5.52. The van der Waals surface area contributed by atoms with Crippen molar-refractivity contribution in [2.75, 3.05) is 13.7 Å². The second-order valence-electron chi connectivity index (χ2n) is 8.31. The van der Waals surface area contributed by atoms with Gasteiger partial charge in [0.25, 0.3) is 0 Å². The van der Waals surface area contributed by atoms with Crippen LogP contribution in [0, 0.1) is 5.92 Å². The Bertz CT molecular complexity index is 504. The quantitative estimate of drug-likeness (QED) is 0.357. The molecule has 0 unspecified atom stereocenters. The second-order valence-corrected chi connectivity index (χ2v) is 13.0. The highest BCUT2D eigenvalue weighted by molar-refractivity contribution is 6.74. The van der Waals surface area contributed by atoms with Crippen molar-refractivity contribution in [2.45, 2.75) is 78.6 Å². The molecule has 0 radical (unpaired) electrons. The van der Waals surface area contributed by atoms with Gasteiger partial charge in [0.15, 0.2) is 13.9 Å². The summed E-state index contributed by atoms with van der Waals surface area (Å²) in [6, 6.07) is 0. The molecular weight excluding hydrogens is 336 g/mol. The van der Waals surface area contributed by atoms with Gasteiger partial charge in [-0.2, -0.15) is 0 Å². The van der Waals surface area contributed by atoms with Crippen molar-refractivity contribution in [2.24, 2.45) is 5.92 Å². The highest BCUT2D eigenvalue weighted by Gasteiger charge is 2.49. The van der Waals surface area contributed by atoms with Crippen LogP contribution in [0.4, 0.5) is 0 Å². The van der Waals surface area contributed by atoms with E-state index in [1.807, 2.05) is 13.8 Å². The fourth-order valence-corrected chi connectivity index (χ4v) is 4.00. The van der Waals surface area contributed by atoms with Gasteiger partial charge in [0, 0.05) is 6.08 Å². The standard InChI is InChI=1S/C19H36O5Si/c1-11-23-16(20)13-14(2)12-15(3)19(7,17(21)22-8)24-25(9,10)18(4,5)6/h13,15H,11-12H2,1-10H3/b14-13+/t15-,19-/m1/s1. The molecule has 25 heavy (non-hydrogen) atoms. The van der Waals surface area contributed by atoms with Crippen LogP contribution in [0.2, 0.25) is 18.1 Å². The van der Waals surface area contributed by atoms with E-state index in [0.717, 1.165) is 5.57 Å². The Labute approximate surface area is 154 Å². The van der Waals surface area contributed by atoms with Crippen LogP contribution >= 0.6 is 0 Å². The average Bonchev–Trinajstić information content (AvgIpc) is 2.44. The smallest absolute Gasteiger partial charge is 0.336 e. The van der Waals surface area contributed by atoms with Crippen molar-refractivity contribution in [1.82, 2.24) is 0 Å². The molecule has 0 fully saturated rings. The van der Waals surface area contributed by atoms with Crippen LogP contribution in [-0.4, -0.2) is 39.6 Å². The first kappa shape index (κ1) is 23.9. The van der Waals surface area contributed by atoms with E-state index in [4.69, 9.17) is 13.9 Å². The Morgan fingerprint density at radius 1 is 1.16 bits per heavy atom. The van der Waals surface area contributed by atoms with Crippen molar-refractivity contribution >= 4 is 20.3 Å². The number of allylic oxidation sites excluding steroid dienone is 1. The number of rotatable bonds is 8. The van der Waals surface area contributed by atoms with E-state index in [0.29, 0.717) is 13.0 Å². The van der Waals surface area contributed by atoms with Gasteiger partial charge in [-0.1, -0.05) is 33.3 Å². The minimum absolute atomic E-state index is 0.0299. The first-order valence-corrected chi connectivity index (χ1v) is 11.7. The lowest BCUT2D eigenvalue weighted by Crippen LogP contribution is -2.55. The number of carbonyl (C=O) groups excluding carboxylic acids is 2. The summed E-state index contributed by atoms with van der Waals surface area (Å²) < 4.78 is 16.5. The second kappa shape index (κ2) is 8.99. The van der Waals surface area contributed by atoms with Crippen LogP contribution in [0.5, 0.6) is 0 Å². The lowest BCUT2D eigenvalue weighted by atomic mass is 9.86. The maximum Gasteiger partial charge on any atom is 0.336 e. The number of methoxy groups -OCH3 is 1. The van der Waals surface area contributed by atoms with E-state index < -0.39 is 13.9 Å². The number of hydrogen-bond donors (Lipinski definition) is 0. The highest BCUT2D eigenvalue weighted by atomic mass is 28.4. The van der Waals surface area contributed by atoms with Gasteiger partial charge in [0.1, 0.15) is 0 Å². The van der Waals surface area contributed by atoms with E-state index in [-0.39, 0.29) is 22.9 Å². The Hall–Kier alpha value is -1.14. The minimum Gasteiger partial charge on any atom is -0.467 e. The fourth-order valence-electron chi connectivity index (χ4n) is 2.35. The number of hydrogen-bond acceptors (Lipinski definition) is 5. The summed E-state index contributed by atoms with van der Waals surface area (Å²) in [5.41, 5.74) is -0.221. The van der Waals surface area contributed by atoms with Gasteiger partial charge in [-0.05, 0) is 51.2 Å². The van der Waals surface area contributed by atoms with Crippen LogP contribution in [0.25, 0.3) is 0 Å². The zero-order chi connectivity index (χ0) is 20.1. The summed E-state index contributed by atoms with van der Waals surface area (Å²) in [6.07, 6.45) is 2.02. The summed E-state index contributed by atoms with van der Waals surface area (Å²) in [7, 11) is -0.811. The first-order valence-electron chi connectivity index (χ1n) is 8.83. The normalized spacial score (nSPS) is 16.8. The van der Waals surface area contributed by atoms with E-state index >= 15 is 0 Å². The molecule has 0 aromatic rings. The van der Waals surface area contributed by atoms with Gasteiger partial charge in [-0.3, -0.25) is 0 Å². The van der Waals surface area contributed by atoms with E-state index in [1.54, 1.807) is 13.8 Å². The van der Waals surface area contributed by atoms with Crippen LogP contribution in [0.15, 0.2) is 11.6 Å². The largest absolute Gasteiger partial charge is 0.467 e. The zero-order valence-corrected chi connectivity index (χ0v) is 18.6. The van der Waals surface area contributed by atoms with E-state index in [9.17, 15) is 9.59 Å². The number of carbonyl (C=O) groups is 2. The lowest BCUT2D eigenvalue weighted by molar-refractivity contribution is -0.163. The zero-order valence-electron chi connectivity index (χ0n) is 17.6. The molecule has 0 saturated heterocycles. The first-order chi connectivity index (χ1) is 11.2. The molecule has 0 heterocycles. The summed E-state index contributed by atoms with van der Waals surface area (Å²) in [5.74, 6) is -0.897. The molecule has 0 aliphatic carbocycles. The maximum absolute atomic E-state index is 12.5. The van der Waals surface area contributed by atoms with Crippen LogP contribution in [0.3, 0.4) is 0 Å². The third-order valence-electron chi connectivity index (χ3n) is 5.08. The van der Waals surface area contributed by atoms with Gasteiger partial charge in [-0.15, -0.1) is 0 Å². The van der Waals surface area contributed by atoms with Crippen molar-refractivity contribution < 1.29 is 23.5 Å². The molecule has 0 bridgehead atoms. The Morgan fingerprint density at radius 2 is 1.68 bits per heavy atom. The predicted octanol–water partition coefficient (Wildman–Crippen LogP) is 4.48. The maximum atomic E-state index is 12.5. The molecule has 0 saturated carbocycles. The molecule has 0 aliphatic rings. The molecule has 0 spiro atoms. The van der Waals surface area contributed by atoms with E-state index in [2.05, 4.69) is 33.9 Å². The topological polar surface area (TPSA) is 61.8 Å². The molecule has 2 atom stereocenters. The summed E-state index contributed by atoms with van der Waals surface area (Å²) in [6.45, 7) is 18.3. The monoisotopic (exact) mass is 372 g/mol. The third kappa shape index (κ3) is 6.59. The molecule has 0 amide bonds. The molecule has 0 aliphatic heterocycles. The summed E-state index contributed by atoms with van der Waals surface area (Å²) in [4.78, 5) is 24.2. The van der Waals surface area contributed by atoms with E-state index in [1.165, 1.54) is 13.2 Å². The Kier molecular flexibility index (Phi) is 8.58. The summed E-state index contributed by atoms with van der Waals surface area (Å²) in [5, 5.41) is -0.0299. The summed E-state index contributed by atoms with van der Waals surface area (Å²) >= 11 is 0. The molecular formula is C19H36O5Si. The van der Waals surface area contributed by atoms with Crippen LogP contribution < -0.4 is 0 Å². The van der Waals surface area contributed by atoms with Gasteiger partial charge in [0.05, 0.1) is 13.7 Å². The molecule has 0 N–H and O–H groups in total. The average molecular weight is 373 g/mol. The lowest BCUT2D eigenvalue weighted by Gasteiger charge is -2.45. The van der Waals surface area contributed by atoms with Gasteiger partial charge >= 0.3 is 11.9 Å². The molecule has 0 aromatic heterocycles. The van der Waals surface area contributed by atoms with Crippen molar-refractivity contribution in [1.29, 1.82) is 0 Å². The fraction of sp³-hybridized carbons (Fsp3) is 0.789. The number of ether oxygens (including phenoxy) is 2. The van der Waals surface area contributed by atoms with Crippen LogP contribution in [-0.2, 0) is 23.5 Å². The molecule has 146 valence electrons. The van der Waals surface area contributed by atoms with Crippen molar-refractivity contribution in [3.8, 4) is 0 Å². The SMILES string of the molecule is CCOC(=O)/C=C(\C)C[C@@H](C)[C@@](C)(O[Si](C)(C)C(C)(C)C)C(=O)OC. The van der Waals surface area contributed by atoms with Gasteiger partial charge < -0.3 is 13.9 Å². The van der Waals surface area contributed by atoms with Crippen LogP contribution in [0.1, 0.15) is 54.9 Å². The third-order valence-corrected chi connectivity index (χ3v) is 9.63. The molecule has 0 aromatic carbocycles. The number of esters is 2. The molecule has 5 nitrogen and oxygen atoms in total. The molecule has 0 rings (SSSR count). The predicted molar refractivity (Wildman–Crippen MR) is 103 cm³/mol. The Morgan fingerprint density at radius 3 is 2.08 bits per heavy atom. The molecule has 6 heteroatoms. The minimum atomic E-state index is -2.19. The highest BCUT2D eigenvalue weighted by Crippen LogP contribution is 2.42. The van der Waals surface area contributed by atoms with Crippen molar-refractivity contribution in [3.63, 3.8) is 0 Å². The van der Waals surface area contributed by atoms with Gasteiger partial charge in [-0.25, -0.2) is 9.59 Å². The van der Waals surface area contributed by atoms with Crippen molar-refractivity contribution in [3.05, 3.63) is 11.6 Å². The van der Waals surface area contributed by atoms with Gasteiger partial charge in [0.2, 0.25) is 0 Å².